The maximum Gasteiger partial charge on any atom is 0.224 e. The lowest BCUT2D eigenvalue weighted by Crippen LogP contribution is -2.45. The molecule has 98 valence electrons. The van der Waals surface area contributed by atoms with Crippen LogP contribution in [-0.4, -0.2) is 49.2 Å². The molecule has 0 aromatic rings. The summed E-state index contributed by atoms with van der Waals surface area (Å²) in [6.07, 6.45) is 3.05. The smallest absolute Gasteiger partial charge is 0.224 e. The first-order chi connectivity index (χ1) is 8.11. The van der Waals surface area contributed by atoms with Crippen LogP contribution in [0.1, 0.15) is 33.1 Å². The summed E-state index contributed by atoms with van der Waals surface area (Å²) in [7, 11) is 1.73. The summed E-state index contributed by atoms with van der Waals surface area (Å²) in [5.41, 5.74) is 0. The van der Waals surface area contributed by atoms with Crippen LogP contribution in [0.25, 0.3) is 0 Å². The summed E-state index contributed by atoms with van der Waals surface area (Å²) < 4.78 is 5.23. The summed E-state index contributed by atoms with van der Waals surface area (Å²) in [5.74, 6) is 0.852. The van der Waals surface area contributed by atoms with Gasteiger partial charge in [-0.15, -0.1) is 0 Å². The lowest BCUT2D eigenvalue weighted by molar-refractivity contribution is -0.128. The Morgan fingerprint density at radius 1 is 1.47 bits per heavy atom. The molecule has 1 saturated carbocycles. The fraction of sp³-hybridized carbons (Fsp3) is 0.923. The van der Waals surface area contributed by atoms with Crippen molar-refractivity contribution in [3.05, 3.63) is 0 Å². The van der Waals surface area contributed by atoms with Crippen LogP contribution in [0.15, 0.2) is 0 Å². The fourth-order valence-corrected chi connectivity index (χ4v) is 2.50. The Hall–Kier alpha value is -0.610. The number of hydrogen-bond acceptors (Lipinski definition) is 3. The van der Waals surface area contributed by atoms with E-state index in [0.29, 0.717) is 43.0 Å². The van der Waals surface area contributed by atoms with Gasteiger partial charge < -0.3 is 15.0 Å². The van der Waals surface area contributed by atoms with E-state index in [0.717, 1.165) is 6.54 Å². The highest BCUT2D eigenvalue weighted by atomic mass is 16.5. The van der Waals surface area contributed by atoms with E-state index in [2.05, 4.69) is 24.1 Å². The van der Waals surface area contributed by atoms with Crippen molar-refractivity contribution < 1.29 is 9.53 Å². The van der Waals surface area contributed by atoms with Gasteiger partial charge in [-0.1, -0.05) is 13.8 Å². The molecule has 1 saturated heterocycles. The van der Waals surface area contributed by atoms with Crippen molar-refractivity contribution in [2.24, 2.45) is 5.92 Å². The van der Waals surface area contributed by atoms with Gasteiger partial charge in [-0.3, -0.25) is 4.79 Å². The number of methoxy groups -OCH3 is 1. The zero-order valence-electron chi connectivity index (χ0n) is 11.1. The van der Waals surface area contributed by atoms with E-state index in [-0.39, 0.29) is 0 Å². The van der Waals surface area contributed by atoms with Gasteiger partial charge in [0.05, 0.1) is 6.61 Å². The highest BCUT2D eigenvalue weighted by Crippen LogP contribution is 2.30. The van der Waals surface area contributed by atoms with Crippen molar-refractivity contribution in [1.29, 1.82) is 0 Å². The Bertz CT molecular complexity index is 277. The quantitative estimate of drug-likeness (QED) is 0.753. The van der Waals surface area contributed by atoms with E-state index in [9.17, 15) is 4.79 Å². The molecule has 1 heterocycles. The van der Waals surface area contributed by atoms with Crippen LogP contribution in [0.3, 0.4) is 0 Å². The molecule has 2 atom stereocenters. The summed E-state index contributed by atoms with van der Waals surface area (Å²) >= 11 is 0. The Balaban J connectivity index is 1.84. The van der Waals surface area contributed by atoms with E-state index in [1.165, 1.54) is 12.8 Å². The molecule has 1 aliphatic carbocycles. The monoisotopic (exact) mass is 240 g/mol. The first-order valence-electron chi connectivity index (χ1n) is 6.66. The second-order valence-electron chi connectivity index (χ2n) is 5.65. The van der Waals surface area contributed by atoms with Gasteiger partial charge in [0.15, 0.2) is 0 Å². The van der Waals surface area contributed by atoms with Gasteiger partial charge in [0.25, 0.3) is 0 Å². The number of hydrogen-bond donors (Lipinski definition) is 1. The third kappa shape index (κ3) is 3.19. The fourth-order valence-electron chi connectivity index (χ4n) is 2.50. The highest BCUT2D eigenvalue weighted by Gasteiger charge is 2.39. The van der Waals surface area contributed by atoms with Crippen LogP contribution in [0.4, 0.5) is 0 Å². The Morgan fingerprint density at radius 2 is 2.18 bits per heavy atom. The minimum atomic E-state index is 0.311. The normalized spacial score (nSPS) is 26.9. The maximum atomic E-state index is 11.8. The van der Waals surface area contributed by atoms with Crippen molar-refractivity contribution in [2.45, 2.75) is 51.2 Å². The van der Waals surface area contributed by atoms with Gasteiger partial charge in [-0.25, -0.2) is 0 Å². The number of nitrogens with zero attached hydrogens (tertiary/aromatic N) is 1. The van der Waals surface area contributed by atoms with Crippen LogP contribution < -0.4 is 5.32 Å². The number of likely N-dealkylation sites (tertiary alicyclic amines) is 1. The zero-order valence-corrected chi connectivity index (χ0v) is 11.1. The predicted octanol–water partition coefficient (Wildman–Crippen LogP) is 1.01. The molecule has 2 fully saturated rings. The van der Waals surface area contributed by atoms with E-state index < -0.39 is 0 Å². The van der Waals surface area contributed by atoms with Crippen molar-refractivity contribution in [2.75, 3.05) is 20.3 Å². The minimum absolute atomic E-state index is 0.311. The van der Waals surface area contributed by atoms with Gasteiger partial charge in [-0.05, 0) is 18.8 Å². The highest BCUT2D eigenvalue weighted by molar-refractivity contribution is 5.80. The molecule has 1 amide bonds. The Labute approximate surface area is 104 Å². The van der Waals surface area contributed by atoms with Gasteiger partial charge in [0, 0.05) is 38.2 Å². The van der Waals surface area contributed by atoms with E-state index in [1.54, 1.807) is 7.11 Å². The topological polar surface area (TPSA) is 41.6 Å². The van der Waals surface area contributed by atoms with Gasteiger partial charge in [-0.2, -0.15) is 0 Å². The Kier molecular flexibility index (Phi) is 4.05. The molecular weight excluding hydrogens is 216 g/mol. The van der Waals surface area contributed by atoms with Gasteiger partial charge in [0.1, 0.15) is 0 Å². The third-order valence-electron chi connectivity index (χ3n) is 3.75. The summed E-state index contributed by atoms with van der Waals surface area (Å²) in [5, 5.41) is 3.57. The van der Waals surface area contributed by atoms with Crippen LogP contribution in [0, 0.1) is 5.92 Å². The van der Waals surface area contributed by atoms with Crippen LogP contribution in [-0.2, 0) is 9.53 Å². The minimum Gasteiger partial charge on any atom is -0.383 e. The standard InChI is InChI=1S/C13H24N2O2/c1-9(2)12(8-17-3)14-10-6-13(16)15(7-10)11-4-5-11/h9-12,14H,4-8H2,1-3H3/t10-,12+/m0/s1. The van der Waals surface area contributed by atoms with Gasteiger partial charge in [0.2, 0.25) is 5.91 Å². The molecule has 0 aromatic heterocycles. The van der Waals surface area contributed by atoms with Crippen LogP contribution in [0.5, 0.6) is 0 Å². The molecule has 0 bridgehead atoms. The number of carbonyl (C=O) groups is 1. The zero-order chi connectivity index (χ0) is 12.4. The number of amides is 1. The van der Waals surface area contributed by atoms with Crippen molar-refractivity contribution >= 4 is 5.91 Å². The van der Waals surface area contributed by atoms with E-state index in [1.807, 2.05) is 0 Å². The molecule has 0 radical (unpaired) electrons. The second kappa shape index (κ2) is 5.36. The van der Waals surface area contributed by atoms with E-state index in [4.69, 9.17) is 4.74 Å². The van der Waals surface area contributed by atoms with Crippen molar-refractivity contribution in [1.82, 2.24) is 10.2 Å². The molecule has 4 heteroatoms. The van der Waals surface area contributed by atoms with Crippen LogP contribution in [0.2, 0.25) is 0 Å². The lowest BCUT2D eigenvalue weighted by Gasteiger charge is -2.25. The lowest BCUT2D eigenvalue weighted by atomic mass is 10.0. The number of carbonyl (C=O) groups excluding carboxylic acids is 1. The van der Waals surface area contributed by atoms with E-state index >= 15 is 0 Å². The first kappa shape index (κ1) is 12.8. The largest absolute Gasteiger partial charge is 0.383 e. The molecule has 1 N–H and O–H groups in total. The predicted molar refractivity (Wildman–Crippen MR) is 66.8 cm³/mol. The molecule has 0 aromatic carbocycles. The summed E-state index contributed by atoms with van der Waals surface area (Å²) in [4.78, 5) is 13.9. The number of rotatable bonds is 6. The Morgan fingerprint density at radius 3 is 2.71 bits per heavy atom. The molecule has 2 aliphatic rings. The molecule has 0 unspecified atom stereocenters. The van der Waals surface area contributed by atoms with Crippen molar-refractivity contribution in [3.8, 4) is 0 Å². The molecule has 0 spiro atoms. The molecule has 4 nitrogen and oxygen atoms in total. The third-order valence-corrected chi connectivity index (χ3v) is 3.75. The SMILES string of the molecule is COC[C@@H](N[C@H]1CC(=O)N(C2CC2)C1)C(C)C. The number of ether oxygens (including phenoxy) is 1. The first-order valence-corrected chi connectivity index (χ1v) is 6.66. The second-order valence-corrected chi connectivity index (χ2v) is 5.65. The average molecular weight is 240 g/mol. The van der Waals surface area contributed by atoms with Crippen LogP contribution >= 0.6 is 0 Å². The maximum absolute atomic E-state index is 11.8. The van der Waals surface area contributed by atoms with Crippen molar-refractivity contribution in [3.63, 3.8) is 0 Å². The molecule has 17 heavy (non-hydrogen) atoms. The molecule has 1 aliphatic heterocycles. The number of nitrogens with one attached hydrogen (secondary N) is 1. The summed E-state index contributed by atoms with van der Waals surface area (Å²) in [6.45, 7) is 5.97. The average Bonchev–Trinajstić information content (AvgIpc) is 3.03. The summed E-state index contributed by atoms with van der Waals surface area (Å²) in [6, 6.07) is 1.21. The molecular formula is C13H24N2O2. The molecule has 2 rings (SSSR count). The van der Waals surface area contributed by atoms with Gasteiger partial charge >= 0.3 is 0 Å².